The SMILES string of the molecule is CNC(=S)NC(=O)C(C)(C)C[C](C)(C)[AlH2]. The van der Waals surface area contributed by atoms with Gasteiger partial charge in [0.05, 0.1) is 0 Å². The van der Waals surface area contributed by atoms with Crippen LogP contribution in [0.2, 0.25) is 4.28 Å². The summed E-state index contributed by atoms with van der Waals surface area (Å²) < 4.78 is 0.266. The molecule has 0 saturated carbocycles. The monoisotopic (exact) mass is 244 g/mol. The summed E-state index contributed by atoms with van der Waals surface area (Å²) in [5.74, 6) is -0.00854. The Balaban J connectivity index is 4.46. The van der Waals surface area contributed by atoms with Crippen molar-refractivity contribution in [1.29, 1.82) is 0 Å². The molecule has 5 heteroatoms. The van der Waals surface area contributed by atoms with Crippen molar-refractivity contribution in [3.8, 4) is 0 Å². The second-order valence-corrected chi connectivity index (χ2v) is 8.77. The smallest absolute Gasteiger partial charge is 0.231 e. The second-order valence-electron chi connectivity index (χ2n) is 5.65. The van der Waals surface area contributed by atoms with E-state index in [-0.39, 0.29) is 15.6 Å². The van der Waals surface area contributed by atoms with Gasteiger partial charge in [0.1, 0.15) is 0 Å². The lowest BCUT2D eigenvalue weighted by atomic mass is 9.82. The van der Waals surface area contributed by atoms with Gasteiger partial charge in [-0.05, 0) is 18.6 Å². The van der Waals surface area contributed by atoms with E-state index in [1.807, 2.05) is 13.8 Å². The normalized spacial score (nSPS) is 12.1. The van der Waals surface area contributed by atoms with Gasteiger partial charge in [-0.15, -0.1) is 0 Å². The van der Waals surface area contributed by atoms with Crippen LogP contribution in [-0.4, -0.2) is 34.4 Å². The molecular weight excluding hydrogens is 223 g/mol. The summed E-state index contributed by atoms with van der Waals surface area (Å²) in [4.78, 5) is 11.9. The fourth-order valence-corrected chi connectivity index (χ4v) is 2.72. The minimum Gasteiger partial charge on any atom is -0.365 e. The van der Waals surface area contributed by atoms with Gasteiger partial charge in [-0.3, -0.25) is 4.79 Å². The summed E-state index contributed by atoms with van der Waals surface area (Å²) in [5, 5.41) is 5.82. The predicted octanol–water partition coefficient (Wildman–Crippen LogP) is 0.855. The Morgan fingerprint density at radius 1 is 1.33 bits per heavy atom. The molecule has 2 N–H and O–H groups in total. The highest BCUT2D eigenvalue weighted by atomic mass is 32.1. The molecule has 0 spiro atoms. The Morgan fingerprint density at radius 3 is 2.13 bits per heavy atom. The summed E-state index contributed by atoms with van der Waals surface area (Å²) >= 11 is 5.98. The summed E-state index contributed by atoms with van der Waals surface area (Å²) in [6, 6.07) is 0. The van der Waals surface area contributed by atoms with Gasteiger partial charge in [0.15, 0.2) is 5.11 Å². The van der Waals surface area contributed by atoms with E-state index in [2.05, 4.69) is 24.5 Å². The largest absolute Gasteiger partial charge is 0.365 e. The quantitative estimate of drug-likeness (QED) is 0.571. The minimum absolute atomic E-state index is 0.00854. The molecule has 0 aliphatic heterocycles. The molecule has 0 bridgehead atoms. The molecule has 0 aromatic heterocycles. The average molecular weight is 244 g/mol. The van der Waals surface area contributed by atoms with Crippen LogP contribution in [0.4, 0.5) is 0 Å². The molecule has 0 aliphatic rings. The van der Waals surface area contributed by atoms with Gasteiger partial charge in [0.2, 0.25) is 22.2 Å². The first-order chi connectivity index (χ1) is 6.58. The highest BCUT2D eigenvalue weighted by Crippen LogP contribution is 2.36. The van der Waals surface area contributed by atoms with E-state index in [4.69, 9.17) is 12.2 Å². The average Bonchev–Trinajstić information content (AvgIpc) is 1.99. The van der Waals surface area contributed by atoms with Crippen molar-refractivity contribution in [2.24, 2.45) is 5.41 Å². The Hall–Kier alpha value is -0.108. The van der Waals surface area contributed by atoms with Crippen molar-refractivity contribution >= 4 is 39.5 Å². The van der Waals surface area contributed by atoms with Crippen molar-refractivity contribution < 1.29 is 4.79 Å². The Morgan fingerprint density at radius 2 is 1.80 bits per heavy atom. The van der Waals surface area contributed by atoms with Crippen molar-refractivity contribution in [2.75, 3.05) is 7.05 Å². The Bertz CT molecular complexity index is 259. The number of carbonyl (C=O) groups excluding carboxylic acids is 1. The zero-order chi connectivity index (χ0) is 12.3. The molecule has 0 aromatic rings. The van der Waals surface area contributed by atoms with Crippen LogP contribution in [-0.2, 0) is 4.79 Å². The number of hydrogen-bond acceptors (Lipinski definition) is 2. The zero-order valence-electron chi connectivity index (χ0n) is 10.5. The van der Waals surface area contributed by atoms with E-state index in [1.54, 1.807) is 7.05 Å². The van der Waals surface area contributed by atoms with E-state index in [0.29, 0.717) is 5.11 Å². The maximum absolute atomic E-state index is 11.9. The number of nitrogens with one attached hydrogen (secondary N) is 2. The zero-order valence-corrected chi connectivity index (χ0v) is 13.3. The molecular formula is C10H21AlN2OS. The Kier molecular flexibility index (Phi) is 5.25. The fourth-order valence-electron chi connectivity index (χ4n) is 1.74. The molecule has 0 saturated heterocycles. The van der Waals surface area contributed by atoms with E-state index in [1.165, 1.54) is 0 Å². The topological polar surface area (TPSA) is 41.1 Å². The van der Waals surface area contributed by atoms with Gasteiger partial charge in [0.25, 0.3) is 0 Å². The first kappa shape index (κ1) is 14.9. The van der Waals surface area contributed by atoms with Crippen molar-refractivity contribution in [3.05, 3.63) is 0 Å². The molecule has 1 amide bonds. The van der Waals surface area contributed by atoms with Crippen LogP contribution in [0.5, 0.6) is 0 Å². The lowest BCUT2D eigenvalue weighted by Gasteiger charge is -2.31. The first-order valence-electron chi connectivity index (χ1n) is 5.12. The Labute approximate surface area is 106 Å². The van der Waals surface area contributed by atoms with Crippen molar-refractivity contribution in [3.63, 3.8) is 0 Å². The lowest BCUT2D eigenvalue weighted by molar-refractivity contribution is -0.128. The third-order valence-electron chi connectivity index (χ3n) is 2.04. The van der Waals surface area contributed by atoms with Crippen LogP contribution in [0, 0.1) is 5.41 Å². The molecule has 86 valence electrons. The highest BCUT2D eigenvalue weighted by Gasteiger charge is 2.32. The predicted molar refractivity (Wildman–Crippen MR) is 70.8 cm³/mol. The van der Waals surface area contributed by atoms with Crippen LogP contribution in [0.3, 0.4) is 0 Å². The van der Waals surface area contributed by atoms with Crippen LogP contribution in [0.1, 0.15) is 34.1 Å². The molecule has 0 atom stereocenters. The summed E-state index contributed by atoms with van der Waals surface area (Å²) in [7, 11) is 1.70. The van der Waals surface area contributed by atoms with Gasteiger partial charge in [-0.25, -0.2) is 0 Å². The van der Waals surface area contributed by atoms with E-state index in [0.717, 1.165) is 22.7 Å². The molecule has 0 aromatic carbocycles. The molecule has 0 aliphatic carbocycles. The number of carbonyl (C=O) groups is 1. The molecule has 15 heavy (non-hydrogen) atoms. The maximum Gasteiger partial charge on any atom is 0.231 e. The van der Waals surface area contributed by atoms with E-state index < -0.39 is 0 Å². The standard InChI is InChI=1S/C10H19N2OS.Al.2H/c1-7(2)6-10(3,4)8(13)12-9(14)11-5;;;/h6H2,1-5H3,(H2,11,12,13,14);;;. The first-order valence-corrected chi connectivity index (χ1v) is 6.52. The summed E-state index contributed by atoms with van der Waals surface area (Å²) in [6.07, 6.45) is 0.879. The second kappa shape index (κ2) is 5.29. The molecule has 0 radical (unpaired) electrons. The van der Waals surface area contributed by atoms with Crippen LogP contribution in [0.15, 0.2) is 0 Å². The fraction of sp³-hybridized carbons (Fsp3) is 0.800. The lowest BCUT2D eigenvalue weighted by Crippen LogP contribution is -2.45. The van der Waals surface area contributed by atoms with Gasteiger partial charge in [0, 0.05) is 12.5 Å². The number of amides is 1. The van der Waals surface area contributed by atoms with Gasteiger partial charge in [-0.2, -0.15) is 0 Å². The van der Waals surface area contributed by atoms with Gasteiger partial charge < -0.3 is 10.6 Å². The summed E-state index contributed by atoms with van der Waals surface area (Å²) in [5.41, 5.74) is -0.369. The van der Waals surface area contributed by atoms with E-state index in [9.17, 15) is 4.79 Å². The number of rotatable bonds is 3. The van der Waals surface area contributed by atoms with E-state index >= 15 is 0 Å². The summed E-state index contributed by atoms with van der Waals surface area (Å²) in [6.45, 7) is 8.29. The molecule has 0 rings (SSSR count). The van der Waals surface area contributed by atoms with Crippen LogP contribution in [0.25, 0.3) is 0 Å². The molecule has 3 nitrogen and oxygen atoms in total. The number of hydrogen-bond donors (Lipinski definition) is 2. The molecule has 0 heterocycles. The molecule has 0 unspecified atom stereocenters. The van der Waals surface area contributed by atoms with Crippen molar-refractivity contribution in [1.82, 2.24) is 10.6 Å². The van der Waals surface area contributed by atoms with Crippen molar-refractivity contribution in [2.45, 2.75) is 38.4 Å². The highest BCUT2D eigenvalue weighted by molar-refractivity contribution is 7.80. The van der Waals surface area contributed by atoms with Gasteiger partial charge >= 0.3 is 0 Å². The van der Waals surface area contributed by atoms with Crippen LogP contribution >= 0.6 is 12.2 Å². The van der Waals surface area contributed by atoms with Crippen LogP contribution < -0.4 is 10.6 Å². The van der Waals surface area contributed by atoms with Gasteiger partial charge in [-0.1, -0.05) is 32.0 Å². The third kappa shape index (κ3) is 6.14. The molecule has 0 fully saturated rings. The third-order valence-corrected chi connectivity index (χ3v) is 2.70. The maximum atomic E-state index is 11.9. The minimum atomic E-state index is -0.369. The number of thiocarbonyl (C=S) groups is 1.